The number of carbonyl (C=O) groups excluding carboxylic acids is 2. The molecule has 0 radical (unpaired) electrons. The molecular formula is C24H28N2O2. The van der Waals surface area contributed by atoms with Crippen LogP contribution in [0.25, 0.3) is 0 Å². The van der Waals surface area contributed by atoms with Crippen molar-refractivity contribution in [3.05, 3.63) is 71.3 Å². The van der Waals surface area contributed by atoms with Gasteiger partial charge in [-0.15, -0.1) is 0 Å². The summed E-state index contributed by atoms with van der Waals surface area (Å²) < 4.78 is 0. The van der Waals surface area contributed by atoms with Gasteiger partial charge in [0.1, 0.15) is 0 Å². The summed E-state index contributed by atoms with van der Waals surface area (Å²) in [5.41, 5.74) is 3.94. The van der Waals surface area contributed by atoms with Crippen LogP contribution in [0.1, 0.15) is 43.6 Å². The van der Waals surface area contributed by atoms with E-state index in [1.165, 1.54) is 5.57 Å². The van der Waals surface area contributed by atoms with Crippen molar-refractivity contribution >= 4 is 23.2 Å². The largest absolute Gasteiger partial charge is 0.325 e. The fourth-order valence-electron chi connectivity index (χ4n) is 3.77. The predicted octanol–water partition coefficient (Wildman–Crippen LogP) is 5.42. The first-order valence-corrected chi connectivity index (χ1v) is 9.63. The van der Waals surface area contributed by atoms with E-state index < -0.39 is 0 Å². The van der Waals surface area contributed by atoms with Gasteiger partial charge in [-0.1, -0.05) is 49.8 Å². The summed E-state index contributed by atoms with van der Waals surface area (Å²) in [6.07, 6.45) is 2.17. The van der Waals surface area contributed by atoms with Gasteiger partial charge in [-0.3, -0.25) is 9.59 Å². The average Bonchev–Trinajstić information content (AvgIpc) is 3.14. The minimum atomic E-state index is -0.239. The minimum Gasteiger partial charge on any atom is -0.325 e. The number of nitrogens with one attached hydrogen (secondary N) is 2. The number of anilines is 2. The third-order valence-corrected chi connectivity index (χ3v) is 5.41. The Bertz CT molecular complexity index is 939. The molecular weight excluding hydrogens is 348 g/mol. The fourth-order valence-corrected chi connectivity index (χ4v) is 3.77. The van der Waals surface area contributed by atoms with Crippen LogP contribution < -0.4 is 10.6 Å². The topological polar surface area (TPSA) is 58.2 Å². The van der Waals surface area contributed by atoms with Crippen LogP contribution >= 0.6 is 0 Å². The van der Waals surface area contributed by atoms with E-state index in [1.54, 1.807) is 18.2 Å². The van der Waals surface area contributed by atoms with Crippen LogP contribution in [0.2, 0.25) is 0 Å². The molecule has 0 bridgehead atoms. The van der Waals surface area contributed by atoms with Crippen LogP contribution in [0.3, 0.4) is 0 Å². The van der Waals surface area contributed by atoms with Crippen molar-refractivity contribution < 1.29 is 9.59 Å². The van der Waals surface area contributed by atoms with Crippen molar-refractivity contribution in [3.63, 3.8) is 0 Å². The first-order chi connectivity index (χ1) is 13.2. The van der Waals surface area contributed by atoms with Crippen molar-refractivity contribution in [2.45, 2.75) is 34.6 Å². The van der Waals surface area contributed by atoms with Gasteiger partial charge in [0.15, 0.2) is 0 Å². The lowest BCUT2D eigenvalue weighted by Crippen LogP contribution is -2.20. The monoisotopic (exact) mass is 376 g/mol. The Morgan fingerprint density at radius 3 is 2.39 bits per heavy atom. The van der Waals surface area contributed by atoms with Crippen LogP contribution in [0.5, 0.6) is 0 Å². The highest BCUT2D eigenvalue weighted by molar-refractivity contribution is 6.10. The molecule has 1 saturated carbocycles. The van der Waals surface area contributed by atoms with E-state index >= 15 is 0 Å². The lowest BCUT2D eigenvalue weighted by atomic mass is 10.1. The van der Waals surface area contributed by atoms with E-state index in [1.807, 2.05) is 51.1 Å². The van der Waals surface area contributed by atoms with Gasteiger partial charge in [-0.05, 0) is 61.9 Å². The molecule has 1 fully saturated rings. The zero-order valence-electron chi connectivity index (χ0n) is 17.2. The van der Waals surface area contributed by atoms with Crippen LogP contribution in [-0.2, 0) is 4.79 Å². The summed E-state index contributed by atoms with van der Waals surface area (Å²) in [6.45, 7) is 10.3. The smallest absolute Gasteiger partial charge is 0.257 e. The average molecular weight is 377 g/mol. The van der Waals surface area contributed by atoms with E-state index in [9.17, 15) is 9.59 Å². The van der Waals surface area contributed by atoms with E-state index in [2.05, 4.69) is 30.6 Å². The third kappa shape index (κ3) is 4.16. The fraction of sp³-hybridized carbons (Fsp3) is 0.333. The number of carbonyl (C=O) groups is 2. The van der Waals surface area contributed by atoms with Crippen LogP contribution in [0.15, 0.2) is 60.2 Å². The molecule has 2 atom stereocenters. The van der Waals surface area contributed by atoms with Gasteiger partial charge in [0, 0.05) is 5.69 Å². The van der Waals surface area contributed by atoms with Gasteiger partial charge >= 0.3 is 0 Å². The van der Waals surface area contributed by atoms with Crippen molar-refractivity contribution in [1.29, 1.82) is 0 Å². The second-order valence-electron chi connectivity index (χ2n) is 8.43. The van der Waals surface area contributed by atoms with Crippen molar-refractivity contribution in [1.82, 2.24) is 0 Å². The zero-order chi connectivity index (χ0) is 20.5. The highest BCUT2D eigenvalue weighted by atomic mass is 16.2. The first kappa shape index (κ1) is 19.9. The number of benzene rings is 2. The standard InChI is InChI=1S/C24H28N2O2/c1-15(2)13-19-21(24(19,4)5)23(28)26-20-12-7-6-11-18(20)22(27)25-17-10-8-9-16(3)14-17/h6-14,19,21H,1-5H3,(H,25,27)(H,26,28)/t19-,21-/m0/s1. The molecule has 3 rings (SSSR count). The number of aryl methyl sites for hydroxylation is 1. The molecule has 1 aliphatic carbocycles. The van der Waals surface area contributed by atoms with Gasteiger partial charge in [0.25, 0.3) is 5.91 Å². The predicted molar refractivity (Wildman–Crippen MR) is 114 cm³/mol. The molecule has 2 aromatic rings. The number of para-hydroxylation sites is 1. The number of hydrogen-bond donors (Lipinski definition) is 2. The first-order valence-electron chi connectivity index (χ1n) is 9.63. The van der Waals surface area contributed by atoms with E-state index in [4.69, 9.17) is 0 Å². The Labute approximate surface area is 167 Å². The molecule has 0 saturated heterocycles. The number of amides is 2. The van der Waals surface area contributed by atoms with Gasteiger partial charge in [-0.25, -0.2) is 0 Å². The lowest BCUT2D eigenvalue weighted by Gasteiger charge is -2.12. The molecule has 0 spiro atoms. The van der Waals surface area contributed by atoms with Gasteiger partial charge in [0.2, 0.25) is 5.91 Å². The molecule has 0 heterocycles. The number of allylic oxidation sites excluding steroid dienone is 2. The summed E-state index contributed by atoms with van der Waals surface area (Å²) in [6, 6.07) is 14.8. The maximum absolute atomic E-state index is 12.9. The summed E-state index contributed by atoms with van der Waals surface area (Å²) in [5, 5.41) is 5.89. The highest BCUT2D eigenvalue weighted by Crippen LogP contribution is 2.59. The molecule has 28 heavy (non-hydrogen) atoms. The Morgan fingerprint density at radius 2 is 1.71 bits per heavy atom. The molecule has 4 heteroatoms. The van der Waals surface area contributed by atoms with Crippen LogP contribution in [0.4, 0.5) is 11.4 Å². The molecule has 1 aliphatic rings. The summed E-state index contributed by atoms with van der Waals surface area (Å²) in [4.78, 5) is 25.7. The van der Waals surface area contributed by atoms with Gasteiger partial charge < -0.3 is 10.6 Å². The second-order valence-corrected chi connectivity index (χ2v) is 8.43. The Hall–Kier alpha value is -2.88. The molecule has 0 unspecified atom stereocenters. The lowest BCUT2D eigenvalue weighted by molar-refractivity contribution is -0.118. The Morgan fingerprint density at radius 1 is 1.00 bits per heavy atom. The van der Waals surface area contributed by atoms with E-state index in [0.717, 1.165) is 11.3 Å². The molecule has 0 aliphatic heterocycles. The third-order valence-electron chi connectivity index (χ3n) is 5.41. The maximum Gasteiger partial charge on any atom is 0.257 e. The van der Waals surface area contributed by atoms with Crippen LogP contribution in [-0.4, -0.2) is 11.8 Å². The summed E-state index contributed by atoms with van der Waals surface area (Å²) in [7, 11) is 0. The number of hydrogen-bond acceptors (Lipinski definition) is 2. The van der Waals surface area contributed by atoms with Crippen LogP contribution in [0, 0.1) is 24.2 Å². The van der Waals surface area contributed by atoms with Gasteiger partial charge in [-0.2, -0.15) is 0 Å². The summed E-state index contributed by atoms with van der Waals surface area (Å²) in [5.74, 6) is -0.137. The Balaban J connectivity index is 1.76. The second kappa shape index (κ2) is 7.63. The zero-order valence-corrected chi connectivity index (χ0v) is 17.2. The SMILES string of the molecule is CC(C)=C[C@H]1[C@@H](C(=O)Nc2ccccc2C(=O)Nc2cccc(C)c2)C1(C)C. The summed E-state index contributed by atoms with van der Waals surface area (Å²) >= 11 is 0. The van der Waals surface area contributed by atoms with Crippen molar-refractivity contribution in [2.75, 3.05) is 10.6 Å². The molecule has 146 valence electrons. The Kier molecular flexibility index (Phi) is 5.41. The molecule has 2 amide bonds. The normalized spacial score (nSPS) is 19.5. The molecule has 0 aromatic heterocycles. The van der Waals surface area contributed by atoms with Gasteiger partial charge in [0.05, 0.1) is 17.2 Å². The highest BCUT2D eigenvalue weighted by Gasteiger charge is 2.60. The molecule has 4 nitrogen and oxygen atoms in total. The van der Waals surface area contributed by atoms with Crippen molar-refractivity contribution in [2.24, 2.45) is 17.3 Å². The maximum atomic E-state index is 12.9. The number of rotatable bonds is 5. The molecule has 2 N–H and O–H groups in total. The quantitative estimate of drug-likeness (QED) is 0.684. The molecule has 2 aromatic carbocycles. The van der Waals surface area contributed by atoms with E-state index in [0.29, 0.717) is 11.3 Å². The van der Waals surface area contributed by atoms with Crippen molar-refractivity contribution in [3.8, 4) is 0 Å². The van der Waals surface area contributed by atoms with E-state index in [-0.39, 0.29) is 29.1 Å². The minimum absolute atomic E-state index is 0.0386.